The van der Waals surface area contributed by atoms with Gasteiger partial charge in [-0.05, 0) is 23.1 Å². The molecule has 0 saturated carbocycles. The molecule has 0 aliphatic carbocycles. The molecule has 132 valence electrons. The van der Waals surface area contributed by atoms with Gasteiger partial charge in [0.2, 0.25) is 11.8 Å². The maximum absolute atomic E-state index is 12.0. The van der Waals surface area contributed by atoms with Crippen LogP contribution in [0, 0.1) is 5.41 Å². The number of carboxylic acid groups (broad SMARTS) is 1. The van der Waals surface area contributed by atoms with Gasteiger partial charge in [0, 0.05) is 10.9 Å². The van der Waals surface area contributed by atoms with Crippen LogP contribution in [-0.4, -0.2) is 29.4 Å². The standard InChI is InChI=1S/C17H23BrN2O4/c1-17(2,3)9-14(21)19-10-15(22)20-13(8-16(23)24)11-4-6-12(18)7-5-11/h4-7,13H,8-10H2,1-3H3,(H,19,21)(H,20,22)(H,23,24). The van der Waals surface area contributed by atoms with Crippen molar-refractivity contribution in [3.63, 3.8) is 0 Å². The van der Waals surface area contributed by atoms with Crippen LogP contribution in [0.1, 0.15) is 45.2 Å². The van der Waals surface area contributed by atoms with Crippen molar-refractivity contribution in [1.82, 2.24) is 10.6 Å². The fourth-order valence-corrected chi connectivity index (χ4v) is 2.35. The van der Waals surface area contributed by atoms with E-state index in [1.165, 1.54) is 0 Å². The summed E-state index contributed by atoms with van der Waals surface area (Å²) in [6.45, 7) is 5.62. The van der Waals surface area contributed by atoms with E-state index in [2.05, 4.69) is 26.6 Å². The van der Waals surface area contributed by atoms with Gasteiger partial charge >= 0.3 is 5.97 Å². The zero-order chi connectivity index (χ0) is 18.3. The minimum absolute atomic E-state index is 0.163. The molecule has 1 rings (SSSR count). The van der Waals surface area contributed by atoms with Crippen molar-refractivity contribution in [1.29, 1.82) is 0 Å². The monoisotopic (exact) mass is 398 g/mol. The summed E-state index contributed by atoms with van der Waals surface area (Å²) in [5.41, 5.74) is 0.527. The van der Waals surface area contributed by atoms with Gasteiger partial charge in [-0.3, -0.25) is 14.4 Å². The molecule has 0 bridgehead atoms. The van der Waals surface area contributed by atoms with Crippen LogP contribution in [0.3, 0.4) is 0 Å². The lowest BCUT2D eigenvalue weighted by Crippen LogP contribution is -2.40. The highest BCUT2D eigenvalue weighted by Gasteiger charge is 2.20. The third kappa shape index (κ3) is 8.10. The van der Waals surface area contributed by atoms with Gasteiger partial charge in [0.15, 0.2) is 0 Å². The molecule has 0 radical (unpaired) electrons. The van der Waals surface area contributed by atoms with Gasteiger partial charge in [-0.15, -0.1) is 0 Å². The van der Waals surface area contributed by atoms with Crippen molar-refractivity contribution in [3.05, 3.63) is 34.3 Å². The predicted octanol–water partition coefficient (Wildman–Crippen LogP) is 2.63. The van der Waals surface area contributed by atoms with Crippen molar-refractivity contribution in [2.24, 2.45) is 5.41 Å². The van der Waals surface area contributed by atoms with E-state index in [4.69, 9.17) is 5.11 Å². The second-order valence-corrected chi connectivity index (χ2v) is 7.70. The van der Waals surface area contributed by atoms with Crippen molar-refractivity contribution in [2.75, 3.05) is 6.54 Å². The van der Waals surface area contributed by atoms with E-state index >= 15 is 0 Å². The molecule has 7 heteroatoms. The van der Waals surface area contributed by atoms with Gasteiger partial charge in [0.25, 0.3) is 0 Å². The number of carbonyl (C=O) groups is 3. The maximum atomic E-state index is 12.0. The molecule has 0 fully saturated rings. The number of hydrogen-bond donors (Lipinski definition) is 3. The van der Waals surface area contributed by atoms with E-state index in [0.29, 0.717) is 12.0 Å². The lowest BCUT2D eigenvalue weighted by atomic mass is 9.92. The number of amides is 2. The Bertz CT molecular complexity index is 594. The summed E-state index contributed by atoms with van der Waals surface area (Å²) in [6.07, 6.45) is 0.0782. The number of hydrogen-bond acceptors (Lipinski definition) is 3. The Hall–Kier alpha value is -1.89. The second-order valence-electron chi connectivity index (χ2n) is 6.78. The van der Waals surface area contributed by atoms with Crippen molar-refractivity contribution in [2.45, 2.75) is 39.7 Å². The largest absolute Gasteiger partial charge is 0.481 e. The summed E-state index contributed by atoms with van der Waals surface area (Å²) in [6, 6.07) is 6.40. The molecule has 0 aliphatic rings. The number of carboxylic acids is 1. The number of nitrogens with one attached hydrogen (secondary N) is 2. The average Bonchev–Trinajstić information content (AvgIpc) is 2.43. The summed E-state index contributed by atoms with van der Waals surface area (Å²) in [7, 11) is 0. The lowest BCUT2D eigenvalue weighted by Gasteiger charge is -2.19. The van der Waals surface area contributed by atoms with E-state index in [-0.39, 0.29) is 24.3 Å². The van der Waals surface area contributed by atoms with Crippen LogP contribution in [-0.2, 0) is 14.4 Å². The Morgan fingerprint density at radius 3 is 2.21 bits per heavy atom. The second kappa shape index (κ2) is 8.82. The minimum atomic E-state index is -1.01. The Kier molecular flexibility index (Phi) is 7.41. The first-order chi connectivity index (χ1) is 11.1. The third-order valence-electron chi connectivity index (χ3n) is 3.12. The molecule has 24 heavy (non-hydrogen) atoms. The Labute approximate surface area is 150 Å². The fourth-order valence-electron chi connectivity index (χ4n) is 2.09. The van der Waals surface area contributed by atoms with Crippen LogP contribution >= 0.6 is 15.9 Å². The van der Waals surface area contributed by atoms with Crippen molar-refractivity contribution >= 4 is 33.7 Å². The van der Waals surface area contributed by atoms with Gasteiger partial charge in [-0.2, -0.15) is 0 Å². The van der Waals surface area contributed by atoms with Gasteiger partial charge in [-0.1, -0.05) is 48.8 Å². The van der Waals surface area contributed by atoms with E-state index < -0.39 is 17.9 Å². The zero-order valence-electron chi connectivity index (χ0n) is 14.1. The molecule has 6 nitrogen and oxygen atoms in total. The van der Waals surface area contributed by atoms with Gasteiger partial charge in [0.05, 0.1) is 19.0 Å². The topological polar surface area (TPSA) is 95.5 Å². The summed E-state index contributed by atoms with van der Waals surface area (Å²) < 4.78 is 0.862. The number of halogens is 1. The zero-order valence-corrected chi connectivity index (χ0v) is 15.6. The first-order valence-electron chi connectivity index (χ1n) is 7.60. The number of benzene rings is 1. The highest BCUT2D eigenvalue weighted by Crippen LogP contribution is 2.20. The fraction of sp³-hybridized carbons (Fsp3) is 0.471. The highest BCUT2D eigenvalue weighted by molar-refractivity contribution is 9.10. The Morgan fingerprint density at radius 2 is 1.71 bits per heavy atom. The molecular formula is C17H23BrN2O4. The number of aliphatic carboxylic acids is 1. The van der Waals surface area contributed by atoms with Crippen LogP contribution in [0.25, 0.3) is 0 Å². The highest BCUT2D eigenvalue weighted by atomic mass is 79.9. The van der Waals surface area contributed by atoms with Gasteiger partial charge in [0.1, 0.15) is 0 Å². The molecule has 2 amide bonds. The quantitative estimate of drug-likeness (QED) is 0.657. The molecule has 3 N–H and O–H groups in total. The van der Waals surface area contributed by atoms with Crippen LogP contribution in [0.2, 0.25) is 0 Å². The maximum Gasteiger partial charge on any atom is 0.305 e. The van der Waals surface area contributed by atoms with E-state index in [0.717, 1.165) is 4.47 Å². The Balaban J connectivity index is 2.63. The molecule has 1 aromatic rings. The smallest absolute Gasteiger partial charge is 0.305 e. The normalized spacial score (nSPS) is 12.3. The molecule has 1 aromatic carbocycles. The molecule has 1 unspecified atom stereocenters. The summed E-state index contributed by atoms with van der Waals surface area (Å²) in [4.78, 5) is 34.8. The van der Waals surface area contributed by atoms with Crippen molar-refractivity contribution < 1.29 is 19.5 Å². The minimum Gasteiger partial charge on any atom is -0.481 e. The number of carbonyl (C=O) groups excluding carboxylic acids is 2. The molecule has 0 aliphatic heterocycles. The molecule has 0 saturated heterocycles. The molecular weight excluding hydrogens is 376 g/mol. The van der Waals surface area contributed by atoms with Crippen LogP contribution in [0.15, 0.2) is 28.7 Å². The van der Waals surface area contributed by atoms with E-state index in [1.54, 1.807) is 24.3 Å². The average molecular weight is 399 g/mol. The van der Waals surface area contributed by atoms with Crippen molar-refractivity contribution in [3.8, 4) is 0 Å². The Morgan fingerprint density at radius 1 is 1.12 bits per heavy atom. The SMILES string of the molecule is CC(C)(C)CC(=O)NCC(=O)NC(CC(=O)O)c1ccc(Br)cc1. The number of rotatable bonds is 7. The third-order valence-corrected chi connectivity index (χ3v) is 3.65. The predicted molar refractivity (Wildman–Crippen MR) is 94.4 cm³/mol. The first-order valence-corrected chi connectivity index (χ1v) is 8.39. The van der Waals surface area contributed by atoms with Gasteiger partial charge < -0.3 is 15.7 Å². The molecule has 0 aromatic heterocycles. The molecule has 0 spiro atoms. The van der Waals surface area contributed by atoms with Crippen LogP contribution in [0.5, 0.6) is 0 Å². The van der Waals surface area contributed by atoms with E-state index in [1.807, 2.05) is 20.8 Å². The first kappa shape index (κ1) is 20.2. The van der Waals surface area contributed by atoms with Crippen LogP contribution in [0.4, 0.5) is 0 Å². The summed E-state index contributed by atoms with van der Waals surface area (Å²) >= 11 is 3.31. The van der Waals surface area contributed by atoms with Crippen LogP contribution < -0.4 is 10.6 Å². The summed E-state index contributed by atoms with van der Waals surface area (Å²) in [5, 5.41) is 14.2. The summed E-state index contributed by atoms with van der Waals surface area (Å²) in [5.74, 6) is -1.65. The lowest BCUT2D eigenvalue weighted by molar-refractivity contribution is -0.138. The van der Waals surface area contributed by atoms with Gasteiger partial charge in [-0.25, -0.2) is 0 Å². The molecule has 0 heterocycles. The van der Waals surface area contributed by atoms with E-state index in [9.17, 15) is 14.4 Å². The molecule has 1 atom stereocenters.